The molecule has 1 aromatic heterocycles. The van der Waals surface area contributed by atoms with Crippen molar-refractivity contribution >= 4 is 11.7 Å². The van der Waals surface area contributed by atoms with Crippen LogP contribution >= 0.6 is 0 Å². The van der Waals surface area contributed by atoms with Crippen LogP contribution in [0, 0.1) is 19.8 Å². The molecule has 1 heterocycles. The lowest BCUT2D eigenvalue weighted by atomic mass is 10.00. The fourth-order valence-electron chi connectivity index (χ4n) is 3.12. The number of Topliss-reactive ketones (excluding diaryl/α,β-unsaturated/α-hetero) is 1. The number of hydrogen-bond acceptors (Lipinski definition) is 4. The monoisotopic (exact) mass is 370 g/mol. The van der Waals surface area contributed by atoms with Crippen molar-refractivity contribution in [2.75, 3.05) is 6.54 Å². The van der Waals surface area contributed by atoms with Crippen LogP contribution in [0.1, 0.15) is 56.5 Å². The van der Waals surface area contributed by atoms with Gasteiger partial charge in [0.1, 0.15) is 11.5 Å². The van der Waals surface area contributed by atoms with E-state index in [0.717, 1.165) is 30.4 Å². The first-order chi connectivity index (χ1) is 12.9. The summed E-state index contributed by atoms with van der Waals surface area (Å²) in [5.41, 5.74) is 2.58. The number of aromatic nitrogens is 1. The number of aryl methyl sites for hydroxylation is 2. The summed E-state index contributed by atoms with van der Waals surface area (Å²) in [6, 6.07) is 7.82. The molecule has 0 saturated heterocycles. The molecule has 0 fully saturated rings. The Hall–Kier alpha value is -2.43. The molecule has 0 aliphatic carbocycles. The smallest absolute Gasteiger partial charge is 0.227 e. The van der Waals surface area contributed by atoms with Crippen molar-refractivity contribution in [1.29, 1.82) is 0 Å². The van der Waals surface area contributed by atoms with Crippen molar-refractivity contribution in [3.63, 3.8) is 0 Å². The molecule has 0 bridgehead atoms. The van der Waals surface area contributed by atoms with Crippen molar-refractivity contribution < 1.29 is 14.0 Å². The summed E-state index contributed by atoms with van der Waals surface area (Å²) in [5.74, 6) is 1.39. The Morgan fingerprint density at radius 1 is 1.15 bits per heavy atom. The Kier molecular flexibility index (Phi) is 7.77. The van der Waals surface area contributed by atoms with Gasteiger partial charge in [-0.3, -0.25) is 9.59 Å². The van der Waals surface area contributed by atoms with Gasteiger partial charge in [0.2, 0.25) is 11.8 Å². The van der Waals surface area contributed by atoms with E-state index in [2.05, 4.69) is 24.1 Å². The predicted molar refractivity (Wildman–Crippen MR) is 106 cm³/mol. The second-order valence-corrected chi connectivity index (χ2v) is 7.05. The molecule has 5 nitrogen and oxygen atoms in total. The summed E-state index contributed by atoms with van der Waals surface area (Å²) in [7, 11) is 0. The maximum absolute atomic E-state index is 12.3. The normalized spacial score (nSPS) is 11.0. The van der Waals surface area contributed by atoms with Crippen LogP contribution in [0.25, 0.3) is 11.5 Å². The number of oxazole rings is 1. The molecule has 27 heavy (non-hydrogen) atoms. The topological polar surface area (TPSA) is 72.2 Å². The minimum absolute atomic E-state index is 0.112. The largest absolute Gasteiger partial charge is 0.441 e. The highest BCUT2D eigenvalue weighted by Gasteiger charge is 2.17. The van der Waals surface area contributed by atoms with Crippen LogP contribution in [0.2, 0.25) is 0 Å². The van der Waals surface area contributed by atoms with Crippen molar-refractivity contribution in [1.82, 2.24) is 10.3 Å². The van der Waals surface area contributed by atoms with Gasteiger partial charge in [-0.15, -0.1) is 0 Å². The van der Waals surface area contributed by atoms with Crippen LogP contribution in [0.4, 0.5) is 0 Å². The molecule has 0 unspecified atom stereocenters. The highest BCUT2D eigenvalue weighted by molar-refractivity contribution is 5.98. The molecule has 2 rings (SSSR count). The number of nitrogens with zero attached hydrogens (tertiary/aromatic N) is 1. The minimum Gasteiger partial charge on any atom is -0.441 e. The maximum Gasteiger partial charge on any atom is 0.227 e. The van der Waals surface area contributed by atoms with Gasteiger partial charge in [0.05, 0.1) is 18.5 Å². The third-order valence-corrected chi connectivity index (χ3v) is 5.02. The second kappa shape index (κ2) is 10.0. The Balaban J connectivity index is 1.89. The zero-order valence-corrected chi connectivity index (χ0v) is 16.8. The summed E-state index contributed by atoms with van der Waals surface area (Å²) in [6.07, 6.45) is 3.17. The second-order valence-electron chi connectivity index (χ2n) is 7.05. The number of carbonyl (C=O) groups excluding carboxylic acids is 2. The Morgan fingerprint density at radius 2 is 1.85 bits per heavy atom. The molecule has 0 saturated carbocycles. The molecule has 0 spiro atoms. The van der Waals surface area contributed by atoms with Crippen LogP contribution in [0.15, 0.2) is 28.7 Å². The van der Waals surface area contributed by atoms with Crippen LogP contribution in [0.3, 0.4) is 0 Å². The molecular formula is C22H30N2O3. The predicted octanol–water partition coefficient (Wildman–Crippen LogP) is 4.40. The Morgan fingerprint density at radius 3 is 2.52 bits per heavy atom. The summed E-state index contributed by atoms with van der Waals surface area (Å²) in [5, 5.41) is 2.85. The Bertz CT molecular complexity index is 776. The van der Waals surface area contributed by atoms with E-state index < -0.39 is 0 Å². The van der Waals surface area contributed by atoms with Gasteiger partial charge >= 0.3 is 0 Å². The van der Waals surface area contributed by atoms with E-state index in [9.17, 15) is 9.59 Å². The van der Waals surface area contributed by atoms with Gasteiger partial charge in [-0.1, -0.05) is 44.9 Å². The lowest BCUT2D eigenvalue weighted by Crippen LogP contribution is -2.28. The van der Waals surface area contributed by atoms with Crippen LogP contribution in [0.5, 0.6) is 0 Å². The van der Waals surface area contributed by atoms with E-state index in [4.69, 9.17) is 4.42 Å². The molecule has 1 aromatic carbocycles. The van der Waals surface area contributed by atoms with Gasteiger partial charge in [-0.25, -0.2) is 4.98 Å². The van der Waals surface area contributed by atoms with Gasteiger partial charge in [-0.2, -0.15) is 0 Å². The summed E-state index contributed by atoms with van der Waals surface area (Å²) in [6.45, 7) is 8.73. The molecular weight excluding hydrogens is 340 g/mol. The highest BCUT2D eigenvalue weighted by atomic mass is 16.4. The number of rotatable bonds is 10. The molecule has 5 heteroatoms. The molecule has 0 aliphatic heterocycles. The number of carbonyl (C=O) groups is 2. The third kappa shape index (κ3) is 6.05. The first-order valence-corrected chi connectivity index (χ1v) is 9.75. The summed E-state index contributed by atoms with van der Waals surface area (Å²) < 4.78 is 5.74. The highest BCUT2D eigenvalue weighted by Crippen LogP contribution is 2.25. The zero-order chi connectivity index (χ0) is 19.8. The number of ketones is 1. The van der Waals surface area contributed by atoms with Gasteiger partial charge in [0.25, 0.3) is 0 Å². The van der Waals surface area contributed by atoms with Gasteiger partial charge < -0.3 is 9.73 Å². The lowest BCUT2D eigenvalue weighted by Gasteiger charge is -2.12. The number of hydrogen-bond donors (Lipinski definition) is 1. The SMILES string of the molecule is CCC(CC)CCNC(=O)CC(=O)Cc1nc(-c2ccccc2C)oc1C. The van der Waals surface area contributed by atoms with E-state index in [-0.39, 0.29) is 24.5 Å². The fourth-order valence-corrected chi connectivity index (χ4v) is 3.12. The van der Waals surface area contributed by atoms with Crippen LogP contribution < -0.4 is 5.32 Å². The molecule has 0 radical (unpaired) electrons. The van der Waals surface area contributed by atoms with Crippen molar-refractivity contribution in [3.05, 3.63) is 41.3 Å². The quantitative estimate of drug-likeness (QED) is 0.629. The average Bonchev–Trinajstić information content (AvgIpc) is 2.99. The standard InChI is InChI=1S/C22H30N2O3/c1-5-17(6-2)11-12-23-21(26)14-18(25)13-20-16(4)27-22(24-20)19-10-8-7-9-15(19)3/h7-10,17H,5-6,11-14H2,1-4H3,(H,23,26). The van der Waals surface area contributed by atoms with Crippen LogP contribution in [-0.2, 0) is 16.0 Å². The molecule has 2 aromatic rings. The maximum atomic E-state index is 12.3. The number of amides is 1. The molecule has 0 atom stereocenters. The van der Waals surface area contributed by atoms with Crippen molar-refractivity contribution in [3.8, 4) is 11.5 Å². The third-order valence-electron chi connectivity index (χ3n) is 5.02. The first-order valence-electron chi connectivity index (χ1n) is 9.75. The molecule has 1 amide bonds. The van der Waals surface area contributed by atoms with E-state index >= 15 is 0 Å². The van der Waals surface area contributed by atoms with E-state index in [1.54, 1.807) is 6.92 Å². The Labute approximate surface area is 161 Å². The first kappa shape index (κ1) is 20.9. The summed E-state index contributed by atoms with van der Waals surface area (Å²) >= 11 is 0. The zero-order valence-electron chi connectivity index (χ0n) is 16.8. The van der Waals surface area contributed by atoms with Crippen molar-refractivity contribution in [2.24, 2.45) is 5.92 Å². The molecule has 1 N–H and O–H groups in total. The lowest BCUT2D eigenvalue weighted by molar-refractivity contribution is -0.127. The van der Waals surface area contributed by atoms with Gasteiger partial charge in [-0.05, 0) is 37.8 Å². The van der Waals surface area contributed by atoms with Crippen molar-refractivity contribution in [2.45, 2.75) is 59.8 Å². The van der Waals surface area contributed by atoms with Crippen LogP contribution in [-0.4, -0.2) is 23.2 Å². The minimum atomic E-state index is -0.216. The fraction of sp³-hybridized carbons (Fsp3) is 0.500. The summed E-state index contributed by atoms with van der Waals surface area (Å²) in [4.78, 5) is 28.7. The number of nitrogens with one attached hydrogen (secondary N) is 1. The van der Waals surface area contributed by atoms with E-state index in [1.165, 1.54) is 0 Å². The average molecular weight is 370 g/mol. The molecule has 0 aliphatic rings. The molecule has 146 valence electrons. The number of benzene rings is 1. The van der Waals surface area contributed by atoms with E-state index in [0.29, 0.717) is 29.8 Å². The van der Waals surface area contributed by atoms with Gasteiger partial charge in [0.15, 0.2) is 0 Å². The van der Waals surface area contributed by atoms with E-state index in [1.807, 2.05) is 31.2 Å². The van der Waals surface area contributed by atoms with Gasteiger partial charge in [0, 0.05) is 12.1 Å².